The van der Waals surface area contributed by atoms with Crippen LogP contribution in [0.5, 0.6) is 0 Å². The van der Waals surface area contributed by atoms with Gasteiger partial charge >= 0.3 is 0 Å². The summed E-state index contributed by atoms with van der Waals surface area (Å²) in [4.78, 5) is 8.71. The fourth-order valence-corrected chi connectivity index (χ4v) is 2.40. The van der Waals surface area contributed by atoms with Gasteiger partial charge in [-0.1, -0.05) is 41.9 Å². The molecular weight excluding hydrogens is 308 g/mol. The number of nitrogens with one attached hydrogen (secondary N) is 2. The summed E-state index contributed by atoms with van der Waals surface area (Å²) in [6.07, 6.45) is 1.72. The van der Waals surface area contributed by atoms with Gasteiger partial charge in [0, 0.05) is 23.5 Å². The first-order chi connectivity index (χ1) is 11.2. The number of nitrogens with zero attached hydrogens (tertiary/aromatic N) is 2. The van der Waals surface area contributed by atoms with Gasteiger partial charge in [-0.05, 0) is 42.3 Å². The molecule has 0 saturated carbocycles. The van der Waals surface area contributed by atoms with Crippen LogP contribution in [0.3, 0.4) is 0 Å². The Morgan fingerprint density at radius 1 is 1.04 bits per heavy atom. The third kappa shape index (κ3) is 4.20. The molecule has 2 aromatic carbocycles. The molecule has 3 rings (SSSR count). The number of hydrogen-bond donors (Lipinski definition) is 2. The monoisotopic (exact) mass is 324 g/mol. The lowest BCUT2D eigenvalue weighted by Crippen LogP contribution is -2.04. The Bertz CT molecular complexity index is 804. The molecule has 0 aliphatic heterocycles. The third-order valence-corrected chi connectivity index (χ3v) is 3.72. The summed E-state index contributed by atoms with van der Waals surface area (Å²) in [5, 5.41) is 7.21. The van der Waals surface area contributed by atoms with Crippen LogP contribution in [0.1, 0.15) is 11.1 Å². The lowest BCUT2D eigenvalue weighted by Gasteiger charge is -2.09. The minimum absolute atomic E-state index is 0.555. The van der Waals surface area contributed by atoms with E-state index in [1.165, 1.54) is 5.56 Å². The predicted octanol–water partition coefficient (Wildman–Crippen LogP) is 4.79. The van der Waals surface area contributed by atoms with Gasteiger partial charge in [0.05, 0.1) is 0 Å². The summed E-state index contributed by atoms with van der Waals surface area (Å²) in [5.41, 5.74) is 3.18. The summed E-state index contributed by atoms with van der Waals surface area (Å²) in [5.74, 6) is 1.30. The second kappa shape index (κ2) is 7.11. The quantitative estimate of drug-likeness (QED) is 0.708. The molecule has 0 bridgehead atoms. The first kappa shape index (κ1) is 15.3. The van der Waals surface area contributed by atoms with Crippen molar-refractivity contribution in [2.75, 3.05) is 10.6 Å². The van der Waals surface area contributed by atoms with Crippen LogP contribution in [0.2, 0.25) is 5.02 Å². The van der Waals surface area contributed by atoms with Crippen LogP contribution in [-0.2, 0) is 6.54 Å². The van der Waals surface area contributed by atoms with E-state index in [0.717, 1.165) is 22.1 Å². The highest BCUT2D eigenvalue weighted by molar-refractivity contribution is 6.31. The lowest BCUT2D eigenvalue weighted by atomic mass is 10.2. The summed E-state index contributed by atoms with van der Waals surface area (Å²) in [7, 11) is 0. The zero-order valence-corrected chi connectivity index (χ0v) is 13.5. The molecule has 0 fully saturated rings. The Morgan fingerprint density at radius 3 is 2.74 bits per heavy atom. The molecule has 0 spiro atoms. The average Bonchev–Trinajstić information content (AvgIpc) is 2.54. The first-order valence-electron chi connectivity index (χ1n) is 7.35. The van der Waals surface area contributed by atoms with E-state index in [1.807, 2.05) is 61.5 Å². The Balaban J connectivity index is 1.69. The molecule has 1 heterocycles. The molecule has 4 nitrogen and oxygen atoms in total. The maximum atomic E-state index is 6.16. The highest BCUT2D eigenvalue weighted by Crippen LogP contribution is 2.18. The van der Waals surface area contributed by atoms with Gasteiger partial charge in [-0.15, -0.1) is 0 Å². The second-order valence-corrected chi connectivity index (χ2v) is 5.61. The van der Waals surface area contributed by atoms with Crippen LogP contribution in [0.25, 0.3) is 0 Å². The van der Waals surface area contributed by atoms with E-state index >= 15 is 0 Å². The molecule has 1 aromatic heterocycles. The van der Waals surface area contributed by atoms with Gasteiger partial charge in [0.2, 0.25) is 5.95 Å². The van der Waals surface area contributed by atoms with Crippen molar-refractivity contribution in [2.24, 2.45) is 0 Å². The molecule has 0 saturated heterocycles. The lowest BCUT2D eigenvalue weighted by molar-refractivity contribution is 1.08. The highest BCUT2D eigenvalue weighted by Gasteiger charge is 2.02. The van der Waals surface area contributed by atoms with E-state index in [-0.39, 0.29) is 0 Å². The number of aryl methyl sites for hydroxylation is 1. The molecule has 2 N–H and O–H groups in total. The molecule has 0 unspecified atom stereocenters. The van der Waals surface area contributed by atoms with Crippen LogP contribution in [-0.4, -0.2) is 9.97 Å². The topological polar surface area (TPSA) is 49.8 Å². The van der Waals surface area contributed by atoms with Crippen LogP contribution >= 0.6 is 11.6 Å². The molecule has 0 atom stereocenters. The molecule has 0 aliphatic carbocycles. The predicted molar refractivity (Wildman–Crippen MR) is 95.3 cm³/mol. The van der Waals surface area contributed by atoms with Crippen LogP contribution in [0.15, 0.2) is 60.8 Å². The molecular formula is C18H17ClN4. The van der Waals surface area contributed by atoms with Crippen molar-refractivity contribution in [3.05, 3.63) is 76.9 Å². The fraction of sp³-hybridized carbons (Fsp3) is 0.111. The molecule has 0 radical (unpaired) electrons. The summed E-state index contributed by atoms with van der Waals surface area (Å²) >= 11 is 6.16. The van der Waals surface area contributed by atoms with E-state index in [0.29, 0.717) is 12.5 Å². The molecule has 23 heavy (non-hydrogen) atoms. The van der Waals surface area contributed by atoms with E-state index < -0.39 is 0 Å². The van der Waals surface area contributed by atoms with Gasteiger partial charge in [0.15, 0.2) is 0 Å². The number of anilines is 3. The maximum Gasteiger partial charge on any atom is 0.229 e. The standard InChI is InChI=1S/C18H17ClN4/c1-13-5-4-7-15(11-13)22-18-20-10-9-17(23-18)21-12-14-6-2-3-8-16(14)19/h2-11H,12H2,1H3,(H2,20,21,22,23). The Hall–Kier alpha value is -2.59. The Kier molecular flexibility index (Phi) is 4.74. The van der Waals surface area contributed by atoms with Crippen molar-refractivity contribution >= 4 is 29.1 Å². The third-order valence-electron chi connectivity index (χ3n) is 3.35. The summed E-state index contributed by atoms with van der Waals surface area (Å²) in [6.45, 7) is 2.66. The molecule has 3 aromatic rings. The first-order valence-corrected chi connectivity index (χ1v) is 7.72. The second-order valence-electron chi connectivity index (χ2n) is 5.20. The van der Waals surface area contributed by atoms with Gasteiger partial charge in [-0.25, -0.2) is 4.98 Å². The SMILES string of the molecule is Cc1cccc(Nc2nccc(NCc3ccccc3Cl)n2)c1. The summed E-state index contributed by atoms with van der Waals surface area (Å²) < 4.78 is 0. The zero-order valence-electron chi connectivity index (χ0n) is 12.8. The molecule has 116 valence electrons. The molecule has 0 amide bonds. The number of hydrogen-bond acceptors (Lipinski definition) is 4. The van der Waals surface area contributed by atoms with E-state index in [1.54, 1.807) is 6.20 Å². The van der Waals surface area contributed by atoms with Gasteiger partial charge in [0.25, 0.3) is 0 Å². The molecule has 0 aliphatic rings. The van der Waals surface area contributed by atoms with Crippen LogP contribution < -0.4 is 10.6 Å². The minimum Gasteiger partial charge on any atom is -0.366 e. The van der Waals surface area contributed by atoms with Gasteiger partial charge in [-0.3, -0.25) is 0 Å². The smallest absolute Gasteiger partial charge is 0.229 e. The number of benzene rings is 2. The Morgan fingerprint density at radius 2 is 1.91 bits per heavy atom. The van der Waals surface area contributed by atoms with Crippen LogP contribution in [0.4, 0.5) is 17.5 Å². The average molecular weight is 325 g/mol. The van der Waals surface area contributed by atoms with Gasteiger partial charge in [0.1, 0.15) is 5.82 Å². The largest absolute Gasteiger partial charge is 0.366 e. The van der Waals surface area contributed by atoms with E-state index in [2.05, 4.69) is 20.6 Å². The van der Waals surface area contributed by atoms with Crippen molar-refractivity contribution in [2.45, 2.75) is 13.5 Å². The van der Waals surface area contributed by atoms with Gasteiger partial charge < -0.3 is 10.6 Å². The fourth-order valence-electron chi connectivity index (χ4n) is 2.20. The Labute approximate surface area is 140 Å². The van der Waals surface area contributed by atoms with E-state index in [4.69, 9.17) is 11.6 Å². The minimum atomic E-state index is 0.555. The van der Waals surface area contributed by atoms with Crippen molar-refractivity contribution in [3.8, 4) is 0 Å². The van der Waals surface area contributed by atoms with E-state index in [9.17, 15) is 0 Å². The highest BCUT2D eigenvalue weighted by atomic mass is 35.5. The summed E-state index contributed by atoms with van der Waals surface area (Å²) in [6, 6.07) is 17.7. The van der Waals surface area contributed by atoms with Crippen LogP contribution in [0, 0.1) is 6.92 Å². The number of aromatic nitrogens is 2. The van der Waals surface area contributed by atoms with Crippen molar-refractivity contribution in [3.63, 3.8) is 0 Å². The van der Waals surface area contributed by atoms with Crippen molar-refractivity contribution < 1.29 is 0 Å². The van der Waals surface area contributed by atoms with Crippen molar-refractivity contribution in [1.29, 1.82) is 0 Å². The van der Waals surface area contributed by atoms with Gasteiger partial charge in [-0.2, -0.15) is 4.98 Å². The van der Waals surface area contributed by atoms with Crippen molar-refractivity contribution in [1.82, 2.24) is 9.97 Å². The maximum absolute atomic E-state index is 6.16. The molecule has 5 heteroatoms. The number of rotatable bonds is 5. The normalized spacial score (nSPS) is 10.3. The zero-order chi connectivity index (χ0) is 16.1. The number of halogens is 1.